The predicted molar refractivity (Wildman–Crippen MR) is 69.1 cm³/mol. The van der Waals surface area contributed by atoms with Crippen molar-refractivity contribution in [2.45, 2.75) is 43.8 Å². The average molecular weight is 293 g/mol. The maximum absolute atomic E-state index is 12.3. The highest BCUT2D eigenvalue weighted by atomic mass is 19.4. The van der Waals surface area contributed by atoms with Gasteiger partial charge in [0.2, 0.25) is 5.91 Å². The van der Waals surface area contributed by atoms with E-state index < -0.39 is 12.7 Å². The second kappa shape index (κ2) is 5.89. The van der Waals surface area contributed by atoms with Crippen LogP contribution in [0, 0.1) is 0 Å². The molecule has 0 bridgehead atoms. The van der Waals surface area contributed by atoms with Crippen molar-refractivity contribution in [3.8, 4) is 0 Å². The Labute approximate surface area is 117 Å². The molecule has 7 heteroatoms. The van der Waals surface area contributed by atoms with Crippen LogP contribution in [0.3, 0.4) is 0 Å². The largest absolute Gasteiger partial charge is 0.401 e. The first-order valence-electron chi connectivity index (χ1n) is 7.13. The zero-order valence-corrected chi connectivity index (χ0v) is 11.6. The molecule has 2 aliphatic rings. The molecule has 1 saturated heterocycles. The minimum Gasteiger partial charge on any atom is -0.340 e. The molecule has 4 nitrogen and oxygen atoms in total. The lowest BCUT2D eigenvalue weighted by molar-refractivity contribution is -0.152. The van der Waals surface area contributed by atoms with E-state index in [0.717, 1.165) is 25.7 Å². The van der Waals surface area contributed by atoms with Crippen LogP contribution in [0.25, 0.3) is 0 Å². The highest BCUT2D eigenvalue weighted by molar-refractivity contribution is 5.77. The molecule has 2 N–H and O–H groups in total. The molecule has 2 fully saturated rings. The first-order valence-corrected chi connectivity index (χ1v) is 7.13. The third-order valence-electron chi connectivity index (χ3n) is 4.23. The Morgan fingerprint density at radius 2 is 1.65 bits per heavy atom. The topological polar surface area (TPSA) is 49.6 Å². The molecule has 1 amide bonds. The number of nitrogens with two attached hydrogens (primary N) is 1. The second-order valence-electron chi connectivity index (χ2n) is 6.02. The van der Waals surface area contributed by atoms with Crippen molar-refractivity contribution in [1.82, 2.24) is 9.80 Å². The first-order chi connectivity index (χ1) is 9.27. The summed E-state index contributed by atoms with van der Waals surface area (Å²) in [6, 6.07) is 0. The number of nitrogens with zero attached hydrogens (tertiary/aromatic N) is 2. The molecule has 0 aromatic carbocycles. The van der Waals surface area contributed by atoms with Gasteiger partial charge < -0.3 is 10.6 Å². The molecule has 0 radical (unpaired) electrons. The fourth-order valence-electron chi connectivity index (χ4n) is 3.08. The molecule has 2 rings (SSSR count). The van der Waals surface area contributed by atoms with Crippen LogP contribution in [0.2, 0.25) is 0 Å². The Morgan fingerprint density at radius 3 is 2.15 bits per heavy atom. The number of hydrogen-bond acceptors (Lipinski definition) is 3. The highest BCUT2D eigenvalue weighted by Gasteiger charge is 2.36. The SMILES string of the molecule is NC1(CC(=O)N2CCN(CC(F)(F)F)CC2)CCCC1. The Balaban J connectivity index is 1.77. The maximum atomic E-state index is 12.3. The van der Waals surface area contributed by atoms with Gasteiger partial charge in [-0.15, -0.1) is 0 Å². The van der Waals surface area contributed by atoms with Gasteiger partial charge >= 0.3 is 6.18 Å². The Morgan fingerprint density at radius 1 is 1.10 bits per heavy atom. The van der Waals surface area contributed by atoms with Gasteiger partial charge in [-0.25, -0.2) is 0 Å². The van der Waals surface area contributed by atoms with E-state index in [9.17, 15) is 18.0 Å². The Hall–Kier alpha value is -0.820. The van der Waals surface area contributed by atoms with Gasteiger partial charge in [-0.05, 0) is 12.8 Å². The van der Waals surface area contributed by atoms with E-state index in [4.69, 9.17) is 5.73 Å². The minimum atomic E-state index is -4.17. The van der Waals surface area contributed by atoms with Crippen LogP contribution in [0.4, 0.5) is 13.2 Å². The summed E-state index contributed by atoms with van der Waals surface area (Å²) in [7, 11) is 0. The molecule has 0 spiro atoms. The lowest BCUT2D eigenvalue weighted by Gasteiger charge is -2.36. The molecule has 1 aliphatic carbocycles. The molecule has 116 valence electrons. The molecule has 20 heavy (non-hydrogen) atoms. The number of rotatable bonds is 3. The van der Waals surface area contributed by atoms with Gasteiger partial charge in [0, 0.05) is 38.1 Å². The number of amides is 1. The van der Waals surface area contributed by atoms with E-state index in [1.165, 1.54) is 4.90 Å². The zero-order valence-electron chi connectivity index (χ0n) is 11.6. The number of piperazine rings is 1. The van der Waals surface area contributed by atoms with Crippen LogP contribution in [-0.4, -0.2) is 60.1 Å². The van der Waals surface area contributed by atoms with Crippen molar-refractivity contribution < 1.29 is 18.0 Å². The fourth-order valence-corrected chi connectivity index (χ4v) is 3.08. The summed E-state index contributed by atoms with van der Waals surface area (Å²) >= 11 is 0. The van der Waals surface area contributed by atoms with Crippen LogP contribution in [-0.2, 0) is 4.79 Å². The number of hydrogen-bond donors (Lipinski definition) is 1. The molecule has 0 aromatic rings. The van der Waals surface area contributed by atoms with Gasteiger partial charge in [0.25, 0.3) is 0 Å². The summed E-state index contributed by atoms with van der Waals surface area (Å²) in [5, 5.41) is 0. The zero-order chi connectivity index (χ0) is 14.8. The third kappa shape index (κ3) is 4.34. The van der Waals surface area contributed by atoms with E-state index in [-0.39, 0.29) is 24.5 Å². The van der Waals surface area contributed by atoms with Crippen molar-refractivity contribution in [3.63, 3.8) is 0 Å². The van der Waals surface area contributed by atoms with E-state index in [2.05, 4.69) is 0 Å². The summed E-state index contributed by atoms with van der Waals surface area (Å²) in [6.45, 7) is 0.400. The molecular weight excluding hydrogens is 271 g/mol. The number of halogens is 3. The summed E-state index contributed by atoms with van der Waals surface area (Å²) in [4.78, 5) is 15.2. The second-order valence-corrected chi connectivity index (χ2v) is 6.02. The maximum Gasteiger partial charge on any atom is 0.401 e. The quantitative estimate of drug-likeness (QED) is 0.854. The highest BCUT2D eigenvalue weighted by Crippen LogP contribution is 2.30. The van der Waals surface area contributed by atoms with Gasteiger partial charge in [-0.1, -0.05) is 12.8 Å². The van der Waals surface area contributed by atoms with E-state index in [0.29, 0.717) is 19.5 Å². The molecule has 0 unspecified atom stereocenters. The van der Waals surface area contributed by atoms with Crippen molar-refractivity contribution in [1.29, 1.82) is 0 Å². The molecule has 0 aromatic heterocycles. The summed E-state index contributed by atoms with van der Waals surface area (Å²) in [6.07, 6.45) is 0.00938. The van der Waals surface area contributed by atoms with Crippen molar-refractivity contribution in [2.75, 3.05) is 32.7 Å². The monoisotopic (exact) mass is 293 g/mol. The van der Waals surface area contributed by atoms with E-state index in [1.807, 2.05) is 0 Å². The fraction of sp³-hybridized carbons (Fsp3) is 0.923. The predicted octanol–water partition coefficient (Wildman–Crippen LogP) is 1.35. The minimum absolute atomic E-state index is 0.0129. The summed E-state index contributed by atoms with van der Waals surface area (Å²) in [5.41, 5.74) is 5.78. The smallest absolute Gasteiger partial charge is 0.340 e. The van der Waals surface area contributed by atoms with E-state index >= 15 is 0 Å². The van der Waals surface area contributed by atoms with Crippen LogP contribution in [0.5, 0.6) is 0 Å². The van der Waals surface area contributed by atoms with E-state index in [1.54, 1.807) is 4.90 Å². The molecule has 1 saturated carbocycles. The normalized spacial score (nSPS) is 24.1. The van der Waals surface area contributed by atoms with Crippen LogP contribution in [0.15, 0.2) is 0 Å². The van der Waals surface area contributed by atoms with Crippen molar-refractivity contribution in [2.24, 2.45) is 5.73 Å². The van der Waals surface area contributed by atoms with Crippen molar-refractivity contribution >= 4 is 5.91 Å². The van der Waals surface area contributed by atoms with Gasteiger partial charge in [-0.3, -0.25) is 9.69 Å². The van der Waals surface area contributed by atoms with Gasteiger partial charge in [-0.2, -0.15) is 13.2 Å². The lowest BCUT2D eigenvalue weighted by Crippen LogP contribution is -2.52. The van der Waals surface area contributed by atoms with Gasteiger partial charge in [0.1, 0.15) is 0 Å². The number of carbonyl (C=O) groups excluding carboxylic acids is 1. The number of carbonyl (C=O) groups is 1. The van der Waals surface area contributed by atoms with Crippen LogP contribution in [0.1, 0.15) is 32.1 Å². The molecular formula is C13H22F3N3O. The van der Waals surface area contributed by atoms with Crippen LogP contribution < -0.4 is 5.73 Å². The van der Waals surface area contributed by atoms with Crippen LogP contribution >= 0.6 is 0 Å². The number of alkyl halides is 3. The molecule has 1 heterocycles. The first kappa shape index (κ1) is 15.6. The molecule has 1 aliphatic heterocycles. The average Bonchev–Trinajstić information content (AvgIpc) is 2.74. The lowest BCUT2D eigenvalue weighted by atomic mass is 9.94. The Bertz CT molecular complexity index is 345. The van der Waals surface area contributed by atoms with Crippen molar-refractivity contribution in [3.05, 3.63) is 0 Å². The van der Waals surface area contributed by atoms with Gasteiger partial charge in [0.15, 0.2) is 0 Å². The molecule has 0 atom stereocenters. The summed E-state index contributed by atoms with van der Waals surface area (Å²) in [5.74, 6) is -0.0129. The standard InChI is InChI=1S/C13H22F3N3O/c14-13(15,16)10-18-5-7-19(8-6-18)11(20)9-12(17)3-1-2-4-12/h1-10,17H2. The summed E-state index contributed by atoms with van der Waals surface area (Å²) < 4.78 is 36.8. The third-order valence-corrected chi connectivity index (χ3v) is 4.23. The van der Waals surface area contributed by atoms with Gasteiger partial charge in [0.05, 0.1) is 6.54 Å². The Kier molecular flexibility index (Phi) is 4.59.